The van der Waals surface area contributed by atoms with E-state index < -0.39 is 0 Å². The van der Waals surface area contributed by atoms with Crippen molar-refractivity contribution in [2.75, 3.05) is 0 Å². The molecule has 6 nitrogen and oxygen atoms in total. The van der Waals surface area contributed by atoms with Crippen molar-refractivity contribution in [1.29, 1.82) is 0 Å². The molecule has 7 heteroatoms. The van der Waals surface area contributed by atoms with Crippen molar-refractivity contribution in [2.45, 2.75) is 31.7 Å². The molecule has 0 radical (unpaired) electrons. The molecule has 5 aromatic rings. The van der Waals surface area contributed by atoms with E-state index in [1.165, 1.54) is 0 Å². The van der Waals surface area contributed by atoms with Crippen LogP contribution in [0.5, 0.6) is 0 Å². The summed E-state index contributed by atoms with van der Waals surface area (Å²) in [7, 11) is 0. The van der Waals surface area contributed by atoms with Gasteiger partial charge < -0.3 is 0 Å². The second kappa shape index (κ2) is 6.64. The van der Waals surface area contributed by atoms with Gasteiger partial charge in [0.05, 0.1) is 16.7 Å². The van der Waals surface area contributed by atoms with E-state index in [1.807, 2.05) is 53.1 Å². The number of hydrogen-bond donors (Lipinski definition) is 0. The molecule has 1 saturated carbocycles. The Hall–Kier alpha value is -3.25. The summed E-state index contributed by atoms with van der Waals surface area (Å²) in [5.41, 5.74) is 4.02. The Morgan fingerprint density at radius 3 is 2.47 bits per heavy atom. The number of hydrogen-bond acceptors (Lipinski definition) is 4. The van der Waals surface area contributed by atoms with Crippen molar-refractivity contribution in [3.63, 3.8) is 0 Å². The molecule has 0 unspecified atom stereocenters. The third-order valence-electron chi connectivity index (χ3n) is 5.97. The molecule has 0 bridgehead atoms. The third-order valence-corrected chi connectivity index (χ3v) is 6.21. The number of aromatic nitrogens is 5. The monoisotopic (exact) mass is 415 g/mol. The highest BCUT2D eigenvalue weighted by Crippen LogP contribution is 2.31. The first-order valence-corrected chi connectivity index (χ1v) is 10.5. The van der Waals surface area contributed by atoms with Crippen LogP contribution in [0, 0.1) is 0 Å². The lowest BCUT2D eigenvalue weighted by molar-refractivity contribution is 0.499. The van der Waals surface area contributed by atoms with E-state index in [-0.39, 0.29) is 11.6 Å². The van der Waals surface area contributed by atoms with Crippen molar-refractivity contribution in [3.05, 3.63) is 70.2 Å². The second-order valence-electron chi connectivity index (χ2n) is 7.79. The Kier molecular flexibility index (Phi) is 3.89. The van der Waals surface area contributed by atoms with Crippen LogP contribution in [-0.4, -0.2) is 24.1 Å². The summed E-state index contributed by atoms with van der Waals surface area (Å²) in [6.07, 6.45) is 5.98. The lowest BCUT2D eigenvalue weighted by atomic mass is 10.2. The van der Waals surface area contributed by atoms with E-state index in [0.29, 0.717) is 27.2 Å². The van der Waals surface area contributed by atoms with Gasteiger partial charge in [0.2, 0.25) is 0 Å². The van der Waals surface area contributed by atoms with E-state index in [4.69, 9.17) is 26.6 Å². The molecule has 2 aromatic carbocycles. The van der Waals surface area contributed by atoms with Gasteiger partial charge in [0.15, 0.2) is 11.3 Å². The minimum Gasteiger partial charge on any atom is -0.295 e. The smallest absolute Gasteiger partial charge is 0.265 e. The van der Waals surface area contributed by atoms with Crippen molar-refractivity contribution in [1.82, 2.24) is 24.1 Å². The highest BCUT2D eigenvalue weighted by molar-refractivity contribution is 6.30. The molecule has 0 spiro atoms. The molecule has 3 heterocycles. The lowest BCUT2D eigenvalue weighted by Gasteiger charge is -2.13. The summed E-state index contributed by atoms with van der Waals surface area (Å²) >= 11 is 6.27. The number of fused-ring (bicyclic) bond motifs is 4. The predicted octanol–water partition coefficient (Wildman–Crippen LogP) is 5.05. The molecule has 0 N–H and O–H groups in total. The largest absolute Gasteiger partial charge is 0.295 e. The van der Waals surface area contributed by atoms with Crippen LogP contribution in [0.2, 0.25) is 5.02 Å². The predicted molar refractivity (Wildman–Crippen MR) is 118 cm³/mol. The van der Waals surface area contributed by atoms with E-state index in [2.05, 4.69) is 0 Å². The first-order valence-electron chi connectivity index (χ1n) is 10.1. The van der Waals surface area contributed by atoms with Crippen LogP contribution >= 0.6 is 11.6 Å². The number of rotatable bonds is 2. The van der Waals surface area contributed by atoms with Crippen LogP contribution in [0.1, 0.15) is 31.7 Å². The molecular formula is C23H18ClN5O. The topological polar surface area (TPSA) is 65.6 Å². The van der Waals surface area contributed by atoms with Crippen molar-refractivity contribution in [2.24, 2.45) is 0 Å². The average Bonchev–Trinajstić information content (AvgIpc) is 3.39. The summed E-state index contributed by atoms with van der Waals surface area (Å²) in [6, 6.07) is 15.4. The van der Waals surface area contributed by atoms with Crippen molar-refractivity contribution in [3.8, 4) is 5.69 Å². The van der Waals surface area contributed by atoms with Gasteiger partial charge in [-0.2, -0.15) is 0 Å². The van der Waals surface area contributed by atoms with Gasteiger partial charge in [0.1, 0.15) is 17.2 Å². The fraction of sp³-hybridized carbons (Fsp3) is 0.217. The first-order chi connectivity index (χ1) is 14.7. The molecule has 0 amide bonds. The van der Waals surface area contributed by atoms with Gasteiger partial charge in [-0.15, -0.1) is 0 Å². The standard InChI is InChI=1S/C23H18ClN5O/c24-14-6-5-9-16(12-14)29-21-19(23(30)28(13-25-21)15-7-1-2-8-15)20-22(29)27-18-11-4-3-10-17(18)26-20/h3-6,9-13,15H,1-2,7-8H2. The normalized spacial score (nSPS) is 15.0. The maximum atomic E-state index is 13.6. The maximum absolute atomic E-state index is 13.6. The zero-order chi connectivity index (χ0) is 20.2. The quantitative estimate of drug-likeness (QED) is 0.404. The highest BCUT2D eigenvalue weighted by Gasteiger charge is 2.24. The molecule has 148 valence electrons. The Balaban J connectivity index is 1.77. The molecule has 1 aliphatic rings. The molecule has 0 atom stereocenters. The zero-order valence-electron chi connectivity index (χ0n) is 16.1. The van der Waals surface area contributed by atoms with Crippen LogP contribution in [0.25, 0.3) is 38.9 Å². The maximum Gasteiger partial charge on any atom is 0.265 e. The molecule has 30 heavy (non-hydrogen) atoms. The minimum absolute atomic E-state index is 0.0535. The molecule has 0 saturated heterocycles. The summed E-state index contributed by atoms with van der Waals surface area (Å²) in [5, 5.41) is 1.12. The molecule has 1 fully saturated rings. The molecule has 6 rings (SSSR count). The second-order valence-corrected chi connectivity index (χ2v) is 8.23. The Morgan fingerprint density at radius 1 is 0.933 bits per heavy atom. The number of halogens is 1. The van der Waals surface area contributed by atoms with Crippen LogP contribution in [-0.2, 0) is 0 Å². The number of benzene rings is 2. The van der Waals surface area contributed by atoms with Crippen molar-refractivity contribution >= 4 is 44.8 Å². The summed E-state index contributed by atoms with van der Waals surface area (Å²) in [4.78, 5) is 28.0. The molecule has 0 aliphatic heterocycles. The van der Waals surface area contributed by atoms with Crippen LogP contribution in [0.4, 0.5) is 0 Å². The average molecular weight is 416 g/mol. The summed E-state index contributed by atoms with van der Waals surface area (Å²) in [5.74, 6) is 0. The Labute approximate surface area is 176 Å². The zero-order valence-corrected chi connectivity index (χ0v) is 16.9. The van der Waals surface area contributed by atoms with Gasteiger partial charge in [0.25, 0.3) is 5.56 Å². The first kappa shape index (κ1) is 17.6. The van der Waals surface area contributed by atoms with Gasteiger partial charge in [-0.25, -0.2) is 15.0 Å². The van der Waals surface area contributed by atoms with Gasteiger partial charge >= 0.3 is 0 Å². The van der Waals surface area contributed by atoms with Gasteiger partial charge in [-0.05, 0) is 43.2 Å². The molecule has 3 aromatic heterocycles. The van der Waals surface area contributed by atoms with Gasteiger partial charge in [-0.1, -0.05) is 42.6 Å². The fourth-order valence-corrected chi connectivity index (χ4v) is 4.74. The lowest BCUT2D eigenvalue weighted by Crippen LogP contribution is -2.23. The van der Waals surface area contributed by atoms with E-state index in [9.17, 15) is 4.79 Å². The fourth-order valence-electron chi connectivity index (χ4n) is 4.55. The van der Waals surface area contributed by atoms with Crippen molar-refractivity contribution < 1.29 is 0 Å². The summed E-state index contributed by atoms with van der Waals surface area (Å²) < 4.78 is 3.67. The molecule has 1 aliphatic carbocycles. The van der Waals surface area contributed by atoms with Gasteiger partial charge in [-0.3, -0.25) is 13.9 Å². The van der Waals surface area contributed by atoms with Crippen LogP contribution < -0.4 is 5.56 Å². The van der Waals surface area contributed by atoms with E-state index >= 15 is 0 Å². The molecular weight excluding hydrogens is 398 g/mol. The van der Waals surface area contributed by atoms with Crippen LogP contribution in [0.3, 0.4) is 0 Å². The van der Waals surface area contributed by atoms with Crippen LogP contribution in [0.15, 0.2) is 59.7 Å². The number of para-hydroxylation sites is 2. The van der Waals surface area contributed by atoms with E-state index in [1.54, 1.807) is 10.9 Å². The summed E-state index contributed by atoms with van der Waals surface area (Å²) in [6.45, 7) is 0. The number of nitrogens with zero attached hydrogens (tertiary/aromatic N) is 5. The van der Waals surface area contributed by atoms with E-state index in [0.717, 1.165) is 42.4 Å². The Bertz CT molecular complexity index is 1500. The SMILES string of the molecule is O=c1c2c3nc4ccccc4nc3n(-c3cccc(Cl)c3)c2ncn1C1CCCC1. The highest BCUT2D eigenvalue weighted by atomic mass is 35.5. The minimum atomic E-state index is -0.0535. The van der Waals surface area contributed by atoms with Gasteiger partial charge in [0, 0.05) is 11.1 Å². The Morgan fingerprint density at radius 2 is 1.70 bits per heavy atom. The third kappa shape index (κ3) is 2.57.